The number of carbonyl (C=O) groups excluding carboxylic acids is 1. The van der Waals surface area contributed by atoms with Gasteiger partial charge in [0.25, 0.3) is 5.91 Å². The number of amides is 1. The first-order chi connectivity index (χ1) is 12.5. The van der Waals surface area contributed by atoms with E-state index in [9.17, 15) is 9.90 Å². The predicted octanol–water partition coefficient (Wildman–Crippen LogP) is 1.74. The molecule has 1 aliphatic heterocycles. The minimum absolute atomic E-state index is 0.201. The summed E-state index contributed by atoms with van der Waals surface area (Å²) in [6.07, 6.45) is 4.68. The maximum atomic E-state index is 12.8. The van der Waals surface area contributed by atoms with Crippen LogP contribution in [0.2, 0.25) is 0 Å². The maximum absolute atomic E-state index is 12.8. The summed E-state index contributed by atoms with van der Waals surface area (Å²) in [4.78, 5) is 23.1. The summed E-state index contributed by atoms with van der Waals surface area (Å²) in [6.45, 7) is 5.82. The molecule has 3 rings (SSSR count). The van der Waals surface area contributed by atoms with E-state index in [4.69, 9.17) is 0 Å². The van der Waals surface area contributed by atoms with E-state index in [1.165, 1.54) is 5.56 Å². The first-order valence-electron chi connectivity index (χ1n) is 9.02. The quantitative estimate of drug-likeness (QED) is 0.826. The number of nitrogens with zero attached hydrogens (tertiary/aromatic N) is 3. The molecule has 0 spiro atoms. The summed E-state index contributed by atoms with van der Waals surface area (Å²) < 4.78 is 0. The maximum Gasteiger partial charge on any atom is 0.256 e. The van der Waals surface area contributed by atoms with Gasteiger partial charge in [0, 0.05) is 38.6 Å². The number of aromatic nitrogens is 2. The van der Waals surface area contributed by atoms with Gasteiger partial charge in [0.2, 0.25) is 0 Å². The molecular formula is C20H26N4O2. The monoisotopic (exact) mass is 354 g/mol. The summed E-state index contributed by atoms with van der Waals surface area (Å²) in [5.74, 6) is -0.201. The molecule has 26 heavy (non-hydrogen) atoms. The molecule has 1 fully saturated rings. The lowest BCUT2D eigenvalue weighted by atomic mass is 9.91. The van der Waals surface area contributed by atoms with Crippen molar-refractivity contribution in [3.8, 4) is 0 Å². The highest BCUT2D eigenvalue weighted by Crippen LogP contribution is 2.24. The Morgan fingerprint density at radius 1 is 1.27 bits per heavy atom. The Morgan fingerprint density at radius 3 is 2.85 bits per heavy atom. The van der Waals surface area contributed by atoms with Gasteiger partial charge in [0.05, 0.1) is 11.4 Å². The largest absolute Gasteiger partial charge is 0.379 e. The fourth-order valence-electron chi connectivity index (χ4n) is 3.32. The molecule has 138 valence electrons. The number of rotatable bonds is 6. The summed E-state index contributed by atoms with van der Waals surface area (Å²) in [6, 6.07) is 8.13. The number of aryl methyl sites for hydroxylation is 2. The molecule has 1 atom stereocenters. The number of benzene rings is 1. The van der Waals surface area contributed by atoms with E-state index in [0.29, 0.717) is 26.1 Å². The molecule has 0 bridgehead atoms. The van der Waals surface area contributed by atoms with Gasteiger partial charge in [-0.3, -0.25) is 14.8 Å². The number of nitrogens with one attached hydrogen (secondary N) is 1. The molecule has 0 aliphatic carbocycles. The van der Waals surface area contributed by atoms with Crippen LogP contribution in [0.1, 0.15) is 35.4 Å². The molecule has 1 unspecified atom stereocenters. The van der Waals surface area contributed by atoms with Crippen molar-refractivity contribution >= 4 is 5.91 Å². The van der Waals surface area contributed by atoms with Crippen molar-refractivity contribution in [2.45, 2.75) is 45.4 Å². The highest BCUT2D eigenvalue weighted by Gasteiger charge is 2.41. The summed E-state index contributed by atoms with van der Waals surface area (Å²) >= 11 is 0. The Balaban J connectivity index is 1.59. The van der Waals surface area contributed by atoms with E-state index in [0.717, 1.165) is 23.4 Å². The zero-order valence-electron chi connectivity index (χ0n) is 15.4. The third-order valence-corrected chi connectivity index (χ3v) is 4.72. The molecule has 0 saturated carbocycles. The average Bonchev–Trinajstić information content (AvgIpc) is 2.61. The number of hydrogen-bond acceptors (Lipinski definition) is 5. The smallest absolute Gasteiger partial charge is 0.256 e. The Hall–Kier alpha value is -2.31. The summed E-state index contributed by atoms with van der Waals surface area (Å²) in [5.41, 5.74) is 2.55. The molecule has 2 N–H and O–H groups in total. The van der Waals surface area contributed by atoms with Crippen molar-refractivity contribution in [2.75, 3.05) is 13.1 Å². The van der Waals surface area contributed by atoms with Gasteiger partial charge in [-0.25, -0.2) is 0 Å². The highest BCUT2D eigenvalue weighted by atomic mass is 16.3. The standard InChI is InChI=1S/C20H26N4O2/c1-15-5-3-6-17(9-15)13-24-8-4-7-20(26,19(24)25)14-21-11-18-12-22-16(2)10-23-18/h3,5-6,9-10,12,21,26H,4,7-8,11,13-14H2,1-2H3. The van der Waals surface area contributed by atoms with Crippen LogP contribution < -0.4 is 5.32 Å². The van der Waals surface area contributed by atoms with Gasteiger partial charge in [0.1, 0.15) is 0 Å². The van der Waals surface area contributed by atoms with Gasteiger partial charge in [0.15, 0.2) is 5.60 Å². The first kappa shape index (κ1) is 18.5. The summed E-state index contributed by atoms with van der Waals surface area (Å²) in [5, 5.41) is 14.0. The van der Waals surface area contributed by atoms with Crippen LogP contribution in [0, 0.1) is 13.8 Å². The minimum Gasteiger partial charge on any atom is -0.379 e. The van der Waals surface area contributed by atoms with Crippen molar-refractivity contribution in [3.63, 3.8) is 0 Å². The lowest BCUT2D eigenvalue weighted by Crippen LogP contribution is -2.57. The van der Waals surface area contributed by atoms with E-state index in [2.05, 4.69) is 21.4 Å². The second kappa shape index (κ2) is 7.93. The lowest BCUT2D eigenvalue weighted by Gasteiger charge is -2.38. The van der Waals surface area contributed by atoms with Gasteiger partial charge in [-0.2, -0.15) is 0 Å². The van der Waals surface area contributed by atoms with E-state index in [1.54, 1.807) is 17.3 Å². The van der Waals surface area contributed by atoms with E-state index >= 15 is 0 Å². The van der Waals surface area contributed by atoms with Crippen LogP contribution in [-0.4, -0.2) is 44.6 Å². The topological polar surface area (TPSA) is 78.3 Å². The van der Waals surface area contributed by atoms with Crippen molar-refractivity contribution in [1.29, 1.82) is 0 Å². The van der Waals surface area contributed by atoms with Gasteiger partial charge >= 0.3 is 0 Å². The second-order valence-electron chi connectivity index (χ2n) is 7.10. The van der Waals surface area contributed by atoms with Gasteiger partial charge in [-0.05, 0) is 32.3 Å². The van der Waals surface area contributed by atoms with Gasteiger partial charge in [-0.15, -0.1) is 0 Å². The first-order valence-corrected chi connectivity index (χ1v) is 9.02. The zero-order valence-corrected chi connectivity index (χ0v) is 15.4. The van der Waals surface area contributed by atoms with Crippen LogP contribution in [0.4, 0.5) is 0 Å². The third kappa shape index (κ3) is 4.45. The molecule has 2 heterocycles. The number of hydrogen-bond donors (Lipinski definition) is 2. The third-order valence-electron chi connectivity index (χ3n) is 4.72. The minimum atomic E-state index is -1.36. The number of aliphatic hydroxyl groups is 1. The lowest BCUT2D eigenvalue weighted by molar-refractivity contribution is -0.157. The Labute approximate surface area is 154 Å². The molecule has 1 aromatic carbocycles. The van der Waals surface area contributed by atoms with Crippen LogP contribution in [0.25, 0.3) is 0 Å². The van der Waals surface area contributed by atoms with E-state index < -0.39 is 5.60 Å². The fraction of sp³-hybridized carbons (Fsp3) is 0.450. The molecule has 0 radical (unpaired) electrons. The SMILES string of the molecule is Cc1cccc(CN2CCCC(O)(CNCc3cnc(C)cn3)C2=O)c1. The summed E-state index contributed by atoms with van der Waals surface area (Å²) in [7, 11) is 0. The normalized spacial score (nSPS) is 20.4. The molecule has 1 aromatic heterocycles. The molecule has 1 aliphatic rings. The van der Waals surface area contributed by atoms with Crippen molar-refractivity contribution in [2.24, 2.45) is 0 Å². The van der Waals surface area contributed by atoms with Crippen LogP contribution in [0.3, 0.4) is 0 Å². The molecular weight excluding hydrogens is 328 g/mol. The molecule has 6 heteroatoms. The molecule has 2 aromatic rings. The van der Waals surface area contributed by atoms with Crippen LogP contribution in [0.5, 0.6) is 0 Å². The van der Waals surface area contributed by atoms with Crippen LogP contribution in [-0.2, 0) is 17.9 Å². The number of piperidine rings is 1. The van der Waals surface area contributed by atoms with E-state index in [1.807, 2.05) is 32.0 Å². The Bertz CT molecular complexity index is 763. The fourth-order valence-corrected chi connectivity index (χ4v) is 3.32. The van der Waals surface area contributed by atoms with Crippen molar-refractivity contribution in [1.82, 2.24) is 20.2 Å². The highest BCUT2D eigenvalue weighted by molar-refractivity contribution is 5.86. The van der Waals surface area contributed by atoms with Crippen molar-refractivity contribution < 1.29 is 9.90 Å². The predicted molar refractivity (Wildman–Crippen MR) is 99.3 cm³/mol. The molecule has 1 saturated heterocycles. The van der Waals surface area contributed by atoms with E-state index in [-0.39, 0.29) is 12.5 Å². The van der Waals surface area contributed by atoms with Crippen LogP contribution in [0.15, 0.2) is 36.7 Å². The Morgan fingerprint density at radius 2 is 2.12 bits per heavy atom. The second-order valence-corrected chi connectivity index (χ2v) is 7.10. The van der Waals surface area contributed by atoms with Crippen LogP contribution >= 0.6 is 0 Å². The number of carbonyl (C=O) groups is 1. The molecule has 1 amide bonds. The average molecular weight is 354 g/mol. The number of likely N-dealkylation sites (tertiary alicyclic amines) is 1. The van der Waals surface area contributed by atoms with Gasteiger partial charge in [-0.1, -0.05) is 29.8 Å². The Kier molecular flexibility index (Phi) is 5.64. The molecule has 6 nitrogen and oxygen atoms in total. The van der Waals surface area contributed by atoms with Crippen molar-refractivity contribution in [3.05, 3.63) is 59.2 Å². The zero-order chi connectivity index (χ0) is 18.6. The van der Waals surface area contributed by atoms with Gasteiger partial charge < -0.3 is 15.3 Å².